The Morgan fingerprint density at radius 3 is 2.35 bits per heavy atom. The van der Waals surface area contributed by atoms with Crippen LogP contribution in [0.15, 0.2) is 0 Å². The average molecular weight is 280 g/mol. The number of hydrogen-bond acceptors (Lipinski definition) is 2. The lowest BCUT2D eigenvalue weighted by molar-refractivity contribution is -0.137. The van der Waals surface area contributed by atoms with E-state index in [-0.39, 0.29) is 5.92 Å². The highest BCUT2D eigenvalue weighted by atomic mass is 16.2. The predicted octanol–water partition coefficient (Wildman–Crippen LogP) is 3.34. The van der Waals surface area contributed by atoms with Gasteiger partial charge in [0.05, 0.1) is 0 Å². The number of nitrogens with one attached hydrogen (secondary N) is 1. The minimum Gasteiger partial charge on any atom is -0.338 e. The van der Waals surface area contributed by atoms with E-state index in [1.807, 2.05) is 0 Å². The molecule has 1 amide bonds. The van der Waals surface area contributed by atoms with Crippen LogP contribution in [-0.2, 0) is 4.79 Å². The molecule has 0 bridgehead atoms. The highest BCUT2D eigenvalue weighted by molar-refractivity contribution is 5.79. The molecule has 3 heteroatoms. The van der Waals surface area contributed by atoms with Crippen molar-refractivity contribution in [2.45, 2.75) is 83.7 Å². The average Bonchev–Trinajstić information content (AvgIpc) is 3.29. The fraction of sp³-hybridized carbons (Fsp3) is 0.941. The Kier molecular flexibility index (Phi) is 6.34. The Morgan fingerprint density at radius 1 is 1.15 bits per heavy atom. The summed E-state index contributed by atoms with van der Waals surface area (Å²) in [7, 11) is 0. The molecular weight excluding hydrogens is 248 g/mol. The van der Waals surface area contributed by atoms with E-state index in [2.05, 4.69) is 24.1 Å². The number of carbonyl (C=O) groups excluding carboxylic acids is 1. The fourth-order valence-corrected chi connectivity index (χ4v) is 3.45. The summed E-state index contributed by atoms with van der Waals surface area (Å²) in [5, 5.41) is 3.60. The first-order valence-electron chi connectivity index (χ1n) is 8.80. The maximum absolute atomic E-state index is 12.9. The van der Waals surface area contributed by atoms with Crippen molar-refractivity contribution in [3.63, 3.8) is 0 Å². The molecular formula is C17H32N2O. The van der Waals surface area contributed by atoms with Crippen LogP contribution in [0.4, 0.5) is 0 Å². The van der Waals surface area contributed by atoms with E-state index < -0.39 is 0 Å². The van der Waals surface area contributed by atoms with E-state index in [0.717, 1.165) is 38.8 Å². The van der Waals surface area contributed by atoms with Gasteiger partial charge in [0.25, 0.3) is 0 Å². The van der Waals surface area contributed by atoms with Crippen LogP contribution in [0.3, 0.4) is 0 Å². The number of nitrogens with zero attached hydrogens (tertiary/aromatic N) is 1. The van der Waals surface area contributed by atoms with Crippen molar-refractivity contribution in [3.05, 3.63) is 0 Å². The Labute approximate surface area is 124 Å². The molecule has 0 radical (unpaired) electrons. The van der Waals surface area contributed by atoms with Gasteiger partial charge in [-0.25, -0.2) is 0 Å². The zero-order valence-corrected chi connectivity index (χ0v) is 13.4. The van der Waals surface area contributed by atoms with Crippen molar-refractivity contribution in [2.24, 2.45) is 5.92 Å². The maximum atomic E-state index is 12.9. The third kappa shape index (κ3) is 4.47. The Balaban J connectivity index is 1.93. The molecule has 1 saturated carbocycles. The second kappa shape index (κ2) is 8.02. The van der Waals surface area contributed by atoms with Gasteiger partial charge in [0.15, 0.2) is 0 Å². The van der Waals surface area contributed by atoms with Crippen LogP contribution < -0.4 is 5.32 Å². The Morgan fingerprint density at radius 2 is 1.85 bits per heavy atom. The van der Waals surface area contributed by atoms with Crippen LogP contribution in [0, 0.1) is 5.92 Å². The van der Waals surface area contributed by atoms with Crippen molar-refractivity contribution in [3.8, 4) is 0 Å². The van der Waals surface area contributed by atoms with Gasteiger partial charge in [0.2, 0.25) is 5.91 Å². The van der Waals surface area contributed by atoms with Gasteiger partial charge in [-0.2, -0.15) is 0 Å². The fourth-order valence-electron chi connectivity index (χ4n) is 3.45. The van der Waals surface area contributed by atoms with Crippen molar-refractivity contribution in [2.75, 3.05) is 13.1 Å². The number of carbonyl (C=O) groups is 1. The second-order valence-corrected chi connectivity index (χ2v) is 6.64. The maximum Gasteiger partial charge on any atom is 0.225 e. The molecule has 1 N–H and O–H groups in total. The van der Waals surface area contributed by atoms with Gasteiger partial charge in [0, 0.05) is 24.5 Å². The predicted molar refractivity (Wildman–Crippen MR) is 83.7 cm³/mol. The molecule has 2 rings (SSSR count). The molecule has 116 valence electrons. The third-order valence-electron chi connectivity index (χ3n) is 4.72. The van der Waals surface area contributed by atoms with Gasteiger partial charge in [0.1, 0.15) is 0 Å². The molecule has 2 fully saturated rings. The molecule has 0 aromatic carbocycles. The molecule has 1 aliphatic heterocycles. The zero-order chi connectivity index (χ0) is 14.4. The number of rotatable bonds is 8. The van der Waals surface area contributed by atoms with Crippen molar-refractivity contribution < 1.29 is 4.79 Å². The summed E-state index contributed by atoms with van der Waals surface area (Å²) in [6, 6.07) is 1.10. The number of piperidine rings is 1. The van der Waals surface area contributed by atoms with E-state index in [1.165, 1.54) is 32.1 Å². The molecule has 1 saturated heterocycles. The smallest absolute Gasteiger partial charge is 0.225 e. The van der Waals surface area contributed by atoms with E-state index in [1.54, 1.807) is 0 Å². The van der Waals surface area contributed by atoms with Crippen molar-refractivity contribution >= 4 is 5.91 Å². The Bertz CT molecular complexity index is 289. The van der Waals surface area contributed by atoms with E-state index in [0.29, 0.717) is 18.0 Å². The monoisotopic (exact) mass is 280 g/mol. The highest BCUT2D eigenvalue weighted by Crippen LogP contribution is 2.30. The number of hydrogen-bond donors (Lipinski definition) is 1. The van der Waals surface area contributed by atoms with Crippen LogP contribution in [0.25, 0.3) is 0 Å². The van der Waals surface area contributed by atoms with Gasteiger partial charge >= 0.3 is 0 Å². The largest absolute Gasteiger partial charge is 0.338 e. The summed E-state index contributed by atoms with van der Waals surface area (Å²) >= 11 is 0. The normalized spacial score (nSPS) is 23.1. The summed E-state index contributed by atoms with van der Waals surface area (Å²) in [5.74, 6) is 0.720. The van der Waals surface area contributed by atoms with Crippen LogP contribution in [0.1, 0.15) is 71.6 Å². The SMILES string of the molecule is CCCC(CCC)C(=O)N(CC1CCCCN1)C1CC1. The van der Waals surface area contributed by atoms with Gasteiger partial charge in [-0.05, 0) is 45.1 Å². The Hall–Kier alpha value is -0.570. The minimum atomic E-state index is 0.272. The van der Waals surface area contributed by atoms with Crippen LogP contribution in [0.2, 0.25) is 0 Å². The molecule has 3 nitrogen and oxygen atoms in total. The van der Waals surface area contributed by atoms with E-state index in [4.69, 9.17) is 0 Å². The van der Waals surface area contributed by atoms with Gasteiger partial charge in [-0.1, -0.05) is 33.1 Å². The summed E-state index contributed by atoms with van der Waals surface area (Å²) in [4.78, 5) is 15.1. The zero-order valence-electron chi connectivity index (χ0n) is 13.4. The molecule has 2 aliphatic rings. The molecule has 0 spiro atoms. The highest BCUT2D eigenvalue weighted by Gasteiger charge is 2.36. The van der Waals surface area contributed by atoms with Crippen molar-refractivity contribution in [1.82, 2.24) is 10.2 Å². The molecule has 1 heterocycles. The lowest BCUT2D eigenvalue weighted by atomic mass is 9.95. The van der Waals surface area contributed by atoms with Gasteiger partial charge in [-0.15, -0.1) is 0 Å². The quantitative estimate of drug-likeness (QED) is 0.739. The lowest BCUT2D eigenvalue weighted by Crippen LogP contribution is -2.48. The second-order valence-electron chi connectivity index (χ2n) is 6.64. The van der Waals surface area contributed by atoms with Crippen molar-refractivity contribution in [1.29, 1.82) is 0 Å². The first-order chi connectivity index (χ1) is 9.76. The van der Waals surface area contributed by atoms with Crippen LogP contribution >= 0.6 is 0 Å². The van der Waals surface area contributed by atoms with E-state index in [9.17, 15) is 4.79 Å². The summed E-state index contributed by atoms with van der Waals surface area (Å²) in [6.07, 6.45) is 10.7. The topological polar surface area (TPSA) is 32.3 Å². The third-order valence-corrected chi connectivity index (χ3v) is 4.72. The van der Waals surface area contributed by atoms with E-state index >= 15 is 0 Å². The van der Waals surface area contributed by atoms with Crippen LogP contribution in [0.5, 0.6) is 0 Å². The first kappa shape index (κ1) is 15.8. The summed E-state index contributed by atoms with van der Waals surface area (Å²) < 4.78 is 0. The van der Waals surface area contributed by atoms with Gasteiger partial charge < -0.3 is 10.2 Å². The minimum absolute atomic E-state index is 0.272. The first-order valence-corrected chi connectivity index (χ1v) is 8.80. The summed E-state index contributed by atoms with van der Waals surface area (Å²) in [5.41, 5.74) is 0. The molecule has 1 aliphatic carbocycles. The molecule has 0 aromatic heterocycles. The molecule has 0 aromatic rings. The number of amides is 1. The van der Waals surface area contributed by atoms with Gasteiger partial charge in [-0.3, -0.25) is 4.79 Å². The summed E-state index contributed by atoms with van der Waals surface area (Å²) in [6.45, 7) is 6.47. The molecule has 1 atom stereocenters. The standard InChI is InChI=1S/C17H32N2O/c1-3-7-14(8-4-2)17(20)19(16-10-11-16)13-15-9-5-6-12-18-15/h14-16,18H,3-13H2,1-2H3. The lowest BCUT2D eigenvalue weighted by Gasteiger charge is -2.33. The molecule has 20 heavy (non-hydrogen) atoms. The van der Waals surface area contributed by atoms with Crippen LogP contribution in [-0.4, -0.2) is 36.0 Å². The molecule has 1 unspecified atom stereocenters.